The van der Waals surface area contributed by atoms with Gasteiger partial charge in [0.05, 0.1) is 6.61 Å². The Morgan fingerprint density at radius 2 is 1.59 bits per heavy atom. The lowest BCUT2D eigenvalue weighted by Crippen LogP contribution is -2.29. The van der Waals surface area contributed by atoms with Crippen molar-refractivity contribution in [1.29, 1.82) is 0 Å². The smallest absolute Gasteiger partial charge is 0.143 e. The number of hydrogen-bond acceptors (Lipinski definition) is 4. The number of nitrogens with two attached hydrogens (primary N) is 1. The molecule has 3 N–H and O–H groups in total. The molecule has 144 valence electrons. The molecule has 0 amide bonds. The third kappa shape index (κ3) is 7.59. The largest absolute Gasteiger partial charge is 0.393 e. The molecular formula is C20H22Cl2N2O3. The Labute approximate surface area is 168 Å². The van der Waals surface area contributed by atoms with Crippen LogP contribution in [0.2, 0.25) is 10.0 Å². The molecule has 5 nitrogen and oxygen atoms in total. The molecule has 0 saturated heterocycles. The highest BCUT2D eigenvalue weighted by atomic mass is 35.5. The van der Waals surface area contributed by atoms with Crippen molar-refractivity contribution in [3.63, 3.8) is 0 Å². The Bertz CT molecular complexity index is 762. The van der Waals surface area contributed by atoms with E-state index in [9.17, 15) is 4.79 Å². The van der Waals surface area contributed by atoms with Crippen molar-refractivity contribution in [3.8, 4) is 0 Å². The van der Waals surface area contributed by atoms with Gasteiger partial charge in [-0.3, -0.25) is 4.79 Å². The number of hydrogen-bond donors (Lipinski definition) is 2. The summed E-state index contributed by atoms with van der Waals surface area (Å²) in [4.78, 5) is 17.5. The predicted octanol–water partition coefficient (Wildman–Crippen LogP) is 3.64. The molecule has 0 unspecified atom stereocenters. The van der Waals surface area contributed by atoms with Gasteiger partial charge in [-0.1, -0.05) is 52.6 Å². The molecule has 2 rings (SSSR count). The van der Waals surface area contributed by atoms with Gasteiger partial charge in [0.15, 0.2) is 0 Å². The molecule has 0 spiro atoms. The molecule has 0 aliphatic rings. The van der Waals surface area contributed by atoms with Crippen LogP contribution in [0.5, 0.6) is 0 Å². The fourth-order valence-corrected chi connectivity index (χ4v) is 2.85. The lowest BCUT2D eigenvalue weighted by atomic mass is 9.91. The lowest BCUT2D eigenvalue weighted by molar-refractivity contribution is -0.118. The van der Waals surface area contributed by atoms with E-state index in [-0.39, 0.29) is 37.2 Å². The van der Waals surface area contributed by atoms with Crippen LogP contribution in [-0.4, -0.2) is 29.9 Å². The molecule has 0 fully saturated rings. The third-order valence-electron chi connectivity index (χ3n) is 3.95. The minimum atomic E-state index is -0.315. The fraction of sp³-hybridized carbons (Fsp3) is 0.300. The highest BCUT2D eigenvalue weighted by Gasteiger charge is 2.20. The number of aliphatic hydroxyl groups excluding tert-OH is 1. The zero-order valence-electron chi connectivity index (χ0n) is 14.8. The molecular weight excluding hydrogens is 387 g/mol. The fourth-order valence-electron chi connectivity index (χ4n) is 2.60. The molecule has 0 bridgehead atoms. The second-order valence-corrected chi connectivity index (χ2v) is 7.02. The molecule has 0 radical (unpaired) electrons. The molecule has 1 atom stereocenters. The number of halogens is 2. The van der Waals surface area contributed by atoms with Gasteiger partial charge in [-0.15, -0.1) is 0 Å². The number of amidine groups is 1. The Morgan fingerprint density at radius 3 is 2.15 bits per heavy atom. The Hall–Kier alpha value is -2.08. The minimum Gasteiger partial charge on any atom is -0.393 e. The number of carbonyl (C=O) groups excluding carboxylic acids is 1. The molecule has 2 aromatic rings. The van der Waals surface area contributed by atoms with E-state index in [2.05, 4.69) is 5.16 Å². The summed E-state index contributed by atoms with van der Waals surface area (Å²) >= 11 is 11.8. The van der Waals surface area contributed by atoms with Gasteiger partial charge in [0.1, 0.15) is 18.2 Å². The van der Waals surface area contributed by atoms with Crippen molar-refractivity contribution in [2.45, 2.75) is 19.3 Å². The van der Waals surface area contributed by atoms with Crippen LogP contribution in [0.25, 0.3) is 0 Å². The van der Waals surface area contributed by atoms with E-state index in [4.69, 9.17) is 38.9 Å². The quantitative estimate of drug-likeness (QED) is 0.272. The molecule has 0 heterocycles. The van der Waals surface area contributed by atoms with Crippen LogP contribution in [0.4, 0.5) is 0 Å². The zero-order valence-corrected chi connectivity index (χ0v) is 16.3. The second kappa shape index (κ2) is 10.9. The monoisotopic (exact) mass is 408 g/mol. The van der Waals surface area contributed by atoms with Gasteiger partial charge in [-0.2, -0.15) is 0 Å². The summed E-state index contributed by atoms with van der Waals surface area (Å²) in [6.07, 6.45) is 1.05. The molecule has 27 heavy (non-hydrogen) atoms. The van der Waals surface area contributed by atoms with Gasteiger partial charge < -0.3 is 15.7 Å². The van der Waals surface area contributed by atoms with Crippen LogP contribution in [-0.2, 0) is 22.5 Å². The molecule has 0 aliphatic heterocycles. The number of oxime groups is 1. The zero-order chi connectivity index (χ0) is 19.6. The molecule has 2 aromatic carbocycles. The van der Waals surface area contributed by atoms with Gasteiger partial charge in [0.25, 0.3) is 0 Å². The van der Waals surface area contributed by atoms with Gasteiger partial charge in [-0.05, 0) is 41.8 Å². The van der Waals surface area contributed by atoms with Crippen molar-refractivity contribution in [2.75, 3.05) is 13.2 Å². The first kappa shape index (κ1) is 21.2. The number of benzene rings is 2. The van der Waals surface area contributed by atoms with Crippen LogP contribution >= 0.6 is 23.2 Å². The Morgan fingerprint density at radius 1 is 1.04 bits per heavy atom. The number of carbonyl (C=O) groups is 1. The second-order valence-electron chi connectivity index (χ2n) is 6.15. The lowest BCUT2D eigenvalue weighted by Gasteiger charge is -2.16. The van der Waals surface area contributed by atoms with Crippen molar-refractivity contribution >= 4 is 34.8 Å². The Kier molecular flexibility index (Phi) is 8.58. The number of aliphatic hydroxyl groups is 1. The first-order chi connectivity index (χ1) is 13.0. The summed E-state index contributed by atoms with van der Waals surface area (Å²) < 4.78 is 0. The summed E-state index contributed by atoms with van der Waals surface area (Å²) in [6.45, 7) is -0.110. The van der Waals surface area contributed by atoms with Gasteiger partial charge in [0, 0.05) is 28.8 Å². The van der Waals surface area contributed by atoms with Crippen LogP contribution in [0.3, 0.4) is 0 Å². The average molecular weight is 409 g/mol. The number of ketones is 1. The van der Waals surface area contributed by atoms with Crippen LogP contribution in [0.15, 0.2) is 53.7 Å². The molecule has 0 saturated carbocycles. The average Bonchev–Trinajstić information content (AvgIpc) is 2.65. The van der Waals surface area contributed by atoms with Crippen LogP contribution in [0.1, 0.15) is 17.5 Å². The van der Waals surface area contributed by atoms with Gasteiger partial charge >= 0.3 is 0 Å². The van der Waals surface area contributed by atoms with E-state index >= 15 is 0 Å². The number of nitrogens with zero attached hydrogens (tertiary/aromatic N) is 1. The SMILES string of the molecule is N/C(=N\OCCO)[C@@H](CC(=O)Cc1ccc(Cl)cc1)Cc1ccc(Cl)cc1. The van der Waals surface area contributed by atoms with E-state index < -0.39 is 0 Å². The maximum absolute atomic E-state index is 12.5. The van der Waals surface area contributed by atoms with Crippen molar-refractivity contribution in [1.82, 2.24) is 0 Å². The first-order valence-corrected chi connectivity index (χ1v) is 9.30. The van der Waals surface area contributed by atoms with E-state index in [0.29, 0.717) is 22.9 Å². The van der Waals surface area contributed by atoms with Crippen molar-refractivity contribution in [3.05, 3.63) is 69.7 Å². The summed E-state index contributed by atoms with van der Waals surface area (Å²) in [5, 5.41) is 13.9. The van der Waals surface area contributed by atoms with E-state index in [1.807, 2.05) is 24.3 Å². The normalized spacial score (nSPS) is 12.6. The summed E-state index contributed by atoms with van der Waals surface area (Å²) in [7, 11) is 0. The predicted molar refractivity (Wildman–Crippen MR) is 108 cm³/mol. The third-order valence-corrected chi connectivity index (χ3v) is 4.46. The van der Waals surface area contributed by atoms with Crippen LogP contribution in [0, 0.1) is 5.92 Å². The van der Waals surface area contributed by atoms with Crippen LogP contribution < -0.4 is 5.73 Å². The summed E-state index contributed by atoms with van der Waals surface area (Å²) in [5.74, 6) is -0.0517. The Balaban J connectivity index is 2.07. The standard InChI is InChI=1S/C20H22Cl2N2O3/c21-17-5-1-14(2-6-17)11-16(20(23)24-27-10-9-25)13-19(26)12-15-3-7-18(22)8-4-15/h1-8,16,25H,9-13H2,(H2,23,24)/t16-/m1/s1. The first-order valence-electron chi connectivity index (χ1n) is 8.54. The topological polar surface area (TPSA) is 84.9 Å². The molecule has 0 aromatic heterocycles. The maximum atomic E-state index is 12.5. The van der Waals surface area contributed by atoms with Crippen molar-refractivity contribution in [2.24, 2.45) is 16.8 Å². The summed E-state index contributed by atoms with van der Waals surface area (Å²) in [5.41, 5.74) is 7.93. The van der Waals surface area contributed by atoms with Crippen molar-refractivity contribution < 1.29 is 14.7 Å². The molecule has 0 aliphatic carbocycles. The maximum Gasteiger partial charge on any atom is 0.143 e. The molecule has 7 heteroatoms. The van der Waals surface area contributed by atoms with E-state index in [1.165, 1.54) is 0 Å². The number of Topliss-reactive ketones (excluding diaryl/α,β-unsaturated/α-hetero) is 1. The van der Waals surface area contributed by atoms with Gasteiger partial charge in [0.2, 0.25) is 0 Å². The van der Waals surface area contributed by atoms with E-state index in [1.54, 1.807) is 24.3 Å². The van der Waals surface area contributed by atoms with E-state index in [0.717, 1.165) is 11.1 Å². The summed E-state index contributed by atoms with van der Waals surface area (Å²) in [6, 6.07) is 14.5. The highest BCUT2D eigenvalue weighted by Crippen LogP contribution is 2.18. The minimum absolute atomic E-state index is 0.0385. The number of rotatable bonds is 10. The van der Waals surface area contributed by atoms with Gasteiger partial charge in [-0.25, -0.2) is 0 Å². The highest BCUT2D eigenvalue weighted by molar-refractivity contribution is 6.30.